The fourth-order valence-electron chi connectivity index (χ4n) is 2.23. The lowest BCUT2D eigenvalue weighted by atomic mass is 10.0. The lowest BCUT2D eigenvalue weighted by molar-refractivity contribution is -0.147. The Labute approximate surface area is 138 Å². The molecule has 0 saturated carbocycles. The molecule has 1 rings (SSSR count). The molecule has 1 atom stereocenters. The van der Waals surface area contributed by atoms with Crippen LogP contribution in [0.25, 0.3) is 0 Å². The van der Waals surface area contributed by atoms with Crippen LogP contribution in [0.5, 0.6) is 0 Å². The van der Waals surface area contributed by atoms with Crippen LogP contribution in [0.2, 0.25) is 0 Å². The van der Waals surface area contributed by atoms with Crippen molar-refractivity contribution in [2.45, 2.75) is 33.0 Å². The topological polar surface area (TPSA) is 69.6 Å². The van der Waals surface area contributed by atoms with E-state index in [1.165, 1.54) is 0 Å². The number of nitrogens with zero attached hydrogens (tertiary/aromatic N) is 1. The van der Waals surface area contributed by atoms with Crippen molar-refractivity contribution >= 4 is 12.0 Å². The Balaban J connectivity index is 2.82. The number of amides is 2. The van der Waals surface area contributed by atoms with E-state index in [-0.39, 0.29) is 6.54 Å². The molecule has 0 aliphatic heterocycles. The van der Waals surface area contributed by atoms with Crippen molar-refractivity contribution in [3.05, 3.63) is 35.4 Å². The van der Waals surface area contributed by atoms with Gasteiger partial charge in [-0.1, -0.05) is 31.5 Å². The van der Waals surface area contributed by atoms with E-state index in [9.17, 15) is 22.8 Å². The first-order valence-electron chi connectivity index (χ1n) is 7.42. The second kappa shape index (κ2) is 8.03. The summed E-state index contributed by atoms with van der Waals surface area (Å²) in [4.78, 5) is 23.6. The normalized spacial score (nSPS) is 12.8. The first-order valence-corrected chi connectivity index (χ1v) is 7.42. The Bertz CT molecular complexity index is 571. The summed E-state index contributed by atoms with van der Waals surface area (Å²) < 4.78 is 37.8. The van der Waals surface area contributed by atoms with Crippen LogP contribution in [0.4, 0.5) is 18.0 Å². The van der Waals surface area contributed by atoms with Gasteiger partial charge in [0.15, 0.2) is 0 Å². The summed E-state index contributed by atoms with van der Waals surface area (Å²) >= 11 is 0. The van der Waals surface area contributed by atoms with E-state index < -0.39 is 36.7 Å². The van der Waals surface area contributed by atoms with Gasteiger partial charge in [0.05, 0.1) is 6.04 Å². The van der Waals surface area contributed by atoms with Crippen molar-refractivity contribution in [2.24, 2.45) is 5.92 Å². The van der Waals surface area contributed by atoms with Gasteiger partial charge in [-0.05, 0) is 25.0 Å². The minimum Gasteiger partial charge on any atom is -0.465 e. The second-order valence-corrected chi connectivity index (χ2v) is 5.91. The fourth-order valence-corrected chi connectivity index (χ4v) is 2.23. The summed E-state index contributed by atoms with van der Waals surface area (Å²) in [6.07, 6.45) is -6.32. The number of rotatable bonds is 6. The van der Waals surface area contributed by atoms with Crippen molar-refractivity contribution in [3.63, 3.8) is 0 Å². The predicted molar refractivity (Wildman–Crippen MR) is 82.9 cm³/mol. The van der Waals surface area contributed by atoms with Gasteiger partial charge in [-0.3, -0.25) is 9.69 Å². The summed E-state index contributed by atoms with van der Waals surface area (Å²) in [5.74, 6) is -0.861. The highest BCUT2D eigenvalue weighted by atomic mass is 19.4. The molecule has 2 N–H and O–H groups in total. The highest BCUT2D eigenvalue weighted by Crippen LogP contribution is 2.21. The molecule has 0 spiro atoms. The first-order chi connectivity index (χ1) is 11.0. The maximum Gasteiger partial charge on any atom is 0.407 e. The third-order valence-electron chi connectivity index (χ3n) is 3.55. The molecule has 0 heterocycles. The zero-order chi connectivity index (χ0) is 18.5. The highest BCUT2D eigenvalue weighted by Gasteiger charge is 2.37. The Morgan fingerprint density at radius 3 is 2.17 bits per heavy atom. The lowest BCUT2D eigenvalue weighted by Crippen LogP contribution is -2.52. The fraction of sp³-hybridized carbons (Fsp3) is 0.500. The molecule has 0 aliphatic carbocycles. The van der Waals surface area contributed by atoms with E-state index in [1.54, 1.807) is 38.1 Å². The number of nitrogens with one attached hydrogen (secondary N) is 1. The summed E-state index contributed by atoms with van der Waals surface area (Å²) in [5, 5.41) is 11.6. The van der Waals surface area contributed by atoms with Gasteiger partial charge in [0.25, 0.3) is 5.91 Å². The minimum absolute atomic E-state index is 0.202. The van der Waals surface area contributed by atoms with Crippen LogP contribution >= 0.6 is 0 Å². The van der Waals surface area contributed by atoms with Gasteiger partial charge >= 0.3 is 12.3 Å². The van der Waals surface area contributed by atoms with E-state index in [0.717, 1.165) is 5.56 Å². The molecule has 0 saturated heterocycles. The summed E-state index contributed by atoms with van der Waals surface area (Å²) in [6.45, 7) is 3.29. The molecule has 0 fully saturated rings. The van der Waals surface area contributed by atoms with E-state index in [1.807, 2.05) is 6.92 Å². The Morgan fingerprint density at radius 2 is 1.75 bits per heavy atom. The maximum absolute atomic E-state index is 12.6. The maximum atomic E-state index is 12.6. The number of carboxylic acid groups (broad SMARTS) is 1. The second-order valence-electron chi connectivity index (χ2n) is 5.91. The molecular formula is C16H21F3N2O3. The van der Waals surface area contributed by atoms with E-state index in [4.69, 9.17) is 5.11 Å². The number of aryl methyl sites for hydroxylation is 1. The molecule has 2 amide bonds. The van der Waals surface area contributed by atoms with Gasteiger partial charge in [-0.15, -0.1) is 0 Å². The molecule has 1 aromatic rings. The van der Waals surface area contributed by atoms with Crippen molar-refractivity contribution < 1.29 is 27.9 Å². The van der Waals surface area contributed by atoms with Crippen LogP contribution in [0.15, 0.2) is 24.3 Å². The van der Waals surface area contributed by atoms with E-state index in [0.29, 0.717) is 10.5 Å². The molecule has 0 unspecified atom stereocenters. The SMILES string of the molecule is Cc1ccc(C(=O)NC[C@H](C(C)C)N(CC(F)(F)F)C(=O)O)cc1. The van der Waals surface area contributed by atoms with Crippen LogP contribution < -0.4 is 5.32 Å². The smallest absolute Gasteiger partial charge is 0.407 e. The van der Waals surface area contributed by atoms with Crippen molar-refractivity contribution in [2.75, 3.05) is 13.1 Å². The van der Waals surface area contributed by atoms with Crippen LogP contribution in [0, 0.1) is 12.8 Å². The van der Waals surface area contributed by atoms with Crippen LogP contribution in [0.1, 0.15) is 29.8 Å². The monoisotopic (exact) mass is 346 g/mol. The molecule has 8 heteroatoms. The summed E-state index contributed by atoms with van der Waals surface area (Å²) in [5.41, 5.74) is 1.33. The van der Waals surface area contributed by atoms with Gasteiger partial charge in [0.1, 0.15) is 6.54 Å². The van der Waals surface area contributed by atoms with Gasteiger partial charge in [0, 0.05) is 12.1 Å². The third kappa shape index (κ3) is 6.10. The third-order valence-corrected chi connectivity index (χ3v) is 3.55. The van der Waals surface area contributed by atoms with Crippen molar-refractivity contribution in [1.29, 1.82) is 0 Å². The highest BCUT2D eigenvalue weighted by molar-refractivity contribution is 5.94. The molecule has 5 nitrogen and oxygen atoms in total. The molecule has 0 aliphatic rings. The van der Waals surface area contributed by atoms with Crippen molar-refractivity contribution in [1.82, 2.24) is 10.2 Å². The number of halogens is 3. The first kappa shape index (κ1) is 19.8. The molecule has 0 radical (unpaired) electrons. The standard InChI is InChI=1S/C16H21F3N2O3/c1-10(2)13(21(15(23)24)9-16(17,18)19)8-20-14(22)12-6-4-11(3)5-7-12/h4-7,10,13H,8-9H2,1-3H3,(H,20,22)(H,23,24)/t13-/m1/s1. The zero-order valence-corrected chi connectivity index (χ0v) is 13.7. The number of hydrogen-bond donors (Lipinski definition) is 2. The molecule has 0 aromatic heterocycles. The Kier molecular flexibility index (Phi) is 6.62. The van der Waals surface area contributed by atoms with Gasteiger partial charge in [0.2, 0.25) is 0 Å². The van der Waals surface area contributed by atoms with Gasteiger partial charge in [-0.2, -0.15) is 13.2 Å². The number of benzene rings is 1. The Morgan fingerprint density at radius 1 is 1.21 bits per heavy atom. The van der Waals surface area contributed by atoms with Gasteiger partial charge < -0.3 is 10.4 Å². The van der Waals surface area contributed by atoms with Crippen LogP contribution in [-0.2, 0) is 0 Å². The number of alkyl halides is 3. The summed E-state index contributed by atoms with van der Waals surface area (Å²) in [6, 6.07) is 5.68. The number of carbonyl (C=O) groups excluding carboxylic acids is 1. The van der Waals surface area contributed by atoms with E-state index in [2.05, 4.69) is 5.32 Å². The molecule has 24 heavy (non-hydrogen) atoms. The van der Waals surface area contributed by atoms with Gasteiger partial charge in [-0.25, -0.2) is 4.79 Å². The van der Waals surface area contributed by atoms with Crippen LogP contribution in [0.3, 0.4) is 0 Å². The average molecular weight is 346 g/mol. The number of hydrogen-bond acceptors (Lipinski definition) is 2. The predicted octanol–water partition coefficient (Wildman–Crippen LogP) is 3.29. The molecular weight excluding hydrogens is 325 g/mol. The summed E-state index contributed by atoms with van der Waals surface area (Å²) in [7, 11) is 0. The van der Waals surface area contributed by atoms with Crippen molar-refractivity contribution in [3.8, 4) is 0 Å². The number of carbonyl (C=O) groups is 2. The zero-order valence-electron chi connectivity index (χ0n) is 13.7. The van der Waals surface area contributed by atoms with E-state index >= 15 is 0 Å². The quantitative estimate of drug-likeness (QED) is 0.830. The minimum atomic E-state index is -4.65. The molecule has 134 valence electrons. The molecule has 1 aromatic carbocycles. The molecule has 0 bridgehead atoms. The Hall–Kier alpha value is -2.25. The largest absolute Gasteiger partial charge is 0.465 e. The lowest BCUT2D eigenvalue weighted by Gasteiger charge is -2.33. The van der Waals surface area contributed by atoms with Crippen LogP contribution in [-0.4, -0.2) is 47.3 Å². The average Bonchev–Trinajstić information content (AvgIpc) is 2.45.